The molecule has 2 rings (SSSR count). The number of nitro benzene ring substituents is 1. The van der Waals surface area contributed by atoms with Crippen LogP contribution in [-0.4, -0.2) is 43.2 Å². The fraction of sp³-hybridized carbons (Fsp3) is 0.417. The number of benzene rings is 1. The van der Waals surface area contributed by atoms with Crippen LogP contribution in [0, 0.1) is 10.1 Å². The summed E-state index contributed by atoms with van der Waals surface area (Å²) in [6, 6.07) is 3.74. The third-order valence-corrected chi connectivity index (χ3v) is 3.41. The summed E-state index contributed by atoms with van der Waals surface area (Å²) in [5, 5.41) is 17.0. The van der Waals surface area contributed by atoms with Crippen LogP contribution >= 0.6 is 11.6 Å². The minimum atomic E-state index is -0.624. The Kier molecular flexibility index (Phi) is 4.53. The maximum Gasteiger partial charge on any atom is 0.283 e. The first-order valence-electron chi connectivity index (χ1n) is 6.01. The summed E-state index contributed by atoms with van der Waals surface area (Å²) in [6.45, 7) is 1.19. The molecule has 1 amide bonds. The van der Waals surface area contributed by atoms with E-state index in [9.17, 15) is 14.9 Å². The van der Waals surface area contributed by atoms with Gasteiger partial charge in [-0.25, -0.2) is 0 Å². The normalized spacial score (nSPS) is 21.7. The topological polar surface area (TPSA) is 93.5 Å². The van der Waals surface area contributed by atoms with Gasteiger partial charge < -0.3 is 15.4 Å². The Morgan fingerprint density at radius 2 is 2.30 bits per heavy atom. The average Bonchev–Trinajstić information content (AvgIpc) is 2.85. The van der Waals surface area contributed by atoms with Gasteiger partial charge in [-0.15, -0.1) is 0 Å². The summed E-state index contributed by atoms with van der Waals surface area (Å²) in [5.41, 5.74) is -0.323. The Morgan fingerprint density at radius 1 is 1.55 bits per heavy atom. The number of carbonyl (C=O) groups excluding carboxylic acids is 1. The number of hydrogen-bond donors (Lipinski definition) is 2. The van der Waals surface area contributed by atoms with Crippen molar-refractivity contribution in [3.8, 4) is 0 Å². The Labute approximate surface area is 120 Å². The van der Waals surface area contributed by atoms with E-state index in [1.807, 2.05) is 0 Å². The smallest absolute Gasteiger partial charge is 0.283 e. The number of rotatable bonds is 4. The molecule has 0 saturated carbocycles. The number of hydrogen-bond acceptors (Lipinski definition) is 5. The van der Waals surface area contributed by atoms with Gasteiger partial charge in [0.05, 0.1) is 17.1 Å². The Balaban J connectivity index is 2.19. The standard InChI is InChI=1S/C12H14ClN3O4/c1-20-11-6-14-5-9(11)15-12(17)8-3-2-7(13)4-10(8)16(18)19/h2-4,9,11,14H,5-6H2,1H3,(H,15,17)/t9?,11-/m0/s1. The highest BCUT2D eigenvalue weighted by Crippen LogP contribution is 2.23. The van der Waals surface area contributed by atoms with Crippen molar-refractivity contribution in [2.75, 3.05) is 20.2 Å². The molecule has 1 heterocycles. The highest BCUT2D eigenvalue weighted by Gasteiger charge is 2.30. The zero-order valence-corrected chi connectivity index (χ0v) is 11.5. The van der Waals surface area contributed by atoms with E-state index in [0.717, 1.165) is 6.07 Å². The van der Waals surface area contributed by atoms with Crippen LogP contribution in [-0.2, 0) is 4.74 Å². The van der Waals surface area contributed by atoms with Crippen molar-refractivity contribution in [3.63, 3.8) is 0 Å². The van der Waals surface area contributed by atoms with E-state index in [-0.39, 0.29) is 28.4 Å². The predicted molar refractivity (Wildman–Crippen MR) is 73.0 cm³/mol. The highest BCUT2D eigenvalue weighted by molar-refractivity contribution is 6.31. The van der Waals surface area contributed by atoms with Crippen molar-refractivity contribution in [2.24, 2.45) is 0 Å². The van der Waals surface area contributed by atoms with E-state index < -0.39 is 10.8 Å². The van der Waals surface area contributed by atoms with Crippen LogP contribution in [0.5, 0.6) is 0 Å². The van der Waals surface area contributed by atoms with E-state index in [1.165, 1.54) is 12.1 Å². The van der Waals surface area contributed by atoms with Crippen molar-refractivity contribution in [1.82, 2.24) is 10.6 Å². The Morgan fingerprint density at radius 3 is 2.95 bits per heavy atom. The van der Waals surface area contributed by atoms with Crippen molar-refractivity contribution in [3.05, 3.63) is 38.9 Å². The number of nitro groups is 1. The van der Waals surface area contributed by atoms with Gasteiger partial charge in [0.1, 0.15) is 5.56 Å². The van der Waals surface area contributed by atoms with Gasteiger partial charge >= 0.3 is 0 Å². The summed E-state index contributed by atoms with van der Waals surface area (Å²) in [7, 11) is 1.56. The van der Waals surface area contributed by atoms with Gasteiger partial charge in [0.25, 0.3) is 11.6 Å². The molecule has 0 bridgehead atoms. The third kappa shape index (κ3) is 3.06. The molecule has 1 aliphatic heterocycles. The second-order valence-electron chi connectivity index (χ2n) is 4.43. The van der Waals surface area contributed by atoms with E-state index in [1.54, 1.807) is 7.11 Å². The van der Waals surface area contributed by atoms with Crippen LogP contribution in [0.4, 0.5) is 5.69 Å². The number of nitrogens with zero attached hydrogens (tertiary/aromatic N) is 1. The van der Waals surface area contributed by atoms with Crippen LogP contribution in [0.15, 0.2) is 18.2 Å². The molecule has 2 atom stereocenters. The van der Waals surface area contributed by atoms with Crippen molar-refractivity contribution in [1.29, 1.82) is 0 Å². The number of ether oxygens (including phenoxy) is 1. The number of amides is 1. The number of halogens is 1. The van der Waals surface area contributed by atoms with Gasteiger partial charge in [-0.1, -0.05) is 11.6 Å². The van der Waals surface area contributed by atoms with Gasteiger partial charge in [-0.3, -0.25) is 14.9 Å². The largest absolute Gasteiger partial charge is 0.378 e. The summed E-state index contributed by atoms with van der Waals surface area (Å²) in [5.74, 6) is -0.510. The quantitative estimate of drug-likeness (QED) is 0.638. The van der Waals surface area contributed by atoms with Crippen LogP contribution in [0.2, 0.25) is 5.02 Å². The van der Waals surface area contributed by atoms with E-state index in [4.69, 9.17) is 16.3 Å². The van der Waals surface area contributed by atoms with Crippen LogP contribution < -0.4 is 10.6 Å². The molecule has 0 spiro atoms. The van der Waals surface area contributed by atoms with Crippen LogP contribution in [0.25, 0.3) is 0 Å². The van der Waals surface area contributed by atoms with E-state index >= 15 is 0 Å². The van der Waals surface area contributed by atoms with E-state index in [0.29, 0.717) is 13.1 Å². The summed E-state index contributed by atoms with van der Waals surface area (Å²) in [6.07, 6.45) is -0.148. The van der Waals surface area contributed by atoms with Gasteiger partial charge in [0, 0.05) is 31.3 Å². The first-order chi connectivity index (χ1) is 9.52. The first-order valence-corrected chi connectivity index (χ1v) is 6.39. The Hall–Kier alpha value is -1.70. The number of nitrogens with one attached hydrogen (secondary N) is 2. The zero-order valence-electron chi connectivity index (χ0n) is 10.8. The molecule has 2 N–H and O–H groups in total. The average molecular weight is 300 g/mol. The minimum absolute atomic E-state index is 0.0128. The molecule has 7 nitrogen and oxygen atoms in total. The lowest BCUT2D eigenvalue weighted by atomic mass is 10.1. The van der Waals surface area contributed by atoms with Crippen LogP contribution in [0.1, 0.15) is 10.4 Å². The molecular formula is C12H14ClN3O4. The second-order valence-corrected chi connectivity index (χ2v) is 4.87. The molecule has 1 fully saturated rings. The lowest BCUT2D eigenvalue weighted by Crippen LogP contribution is -2.43. The fourth-order valence-electron chi connectivity index (χ4n) is 2.14. The molecule has 1 aromatic rings. The molecule has 1 saturated heterocycles. The Bertz CT molecular complexity index is 537. The molecular weight excluding hydrogens is 286 g/mol. The molecule has 1 aliphatic rings. The molecule has 0 aromatic heterocycles. The molecule has 0 aliphatic carbocycles. The maximum absolute atomic E-state index is 12.2. The van der Waals surface area contributed by atoms with Crippen molar-refractivity contribution in [2.45, 2.75) is 12.1 Å². The third-order valence-electron chi connectivity index (χ3n) is 3.18. The summed E-state index contributed by atoms with van der Waals surface area (Å²) >= 11 is 5.72. The summed E-state index contributed by atoms with van der Waals surface area (Å²) < 4.78 is 5.23. The lowest BCUT2D eigenvalue weighted by Gasteiger charge is -2.18. The highest BCUT2D eigenvalue weighted by atomic mass is 35.5. The van der Waals surface area contributed by atoms with Crippen molar-refractivity contribution < 1.29 is 14.5 Å². The van der Waals surface area contributed by atoms with Crippen LogP contribution in [0.3, 0.4) is 0 Å². The van der Waals surface area contributed by atoms with E-state index in [2.05, 4.69) is 10.6 Å². The molecule has 108 valence electrons. The van der Waals surface area contributed by atoms with Gasteiger partial charge in [0.15, 0.2) is 0 Å². The summed E-state index contributed by atoms with van der Waals surface area (Å²) in [4.78, 5) is 22.5. The minimum Gasteiger partial charge on any atom is -0.378 e. The zero-order chi connectivity index (χ0) is 14.7. The van der Waals surface area contributed by atoms with Gasteiger partial charge in [-0.05, 0) is 12.1 Å². The first kappa shape index (κ1) is 14.7. The maximum atomic E-state index is 12.2. The molecule has 20 heavy (non-hydrogen) atoms. The molecule has 0 radical (unpaired) electrons. The molecule has 1 aromatic carbocycles. The second kappa shape index (κ2) is 6.17. The molecule has 8 heteroatoms. The number of methoxy groups -OCH3 is 1. The number of carbonyl (C=O) groups is 1. The molecule has 1 unspecified atom stereocenters. The SMILES string of the molecule is CO[C@H]1CNCC1NC(=O)c1ccc(Cl)cc1[N+](=O)[O-]. The fourth-order valence-corrected chi connectivity index (χ4v) is 2.31. The van der Waals surface area contributed by atoms with Gasteiger partial charge in [0.2, 0.25) is 0 Å². The monoisotopic (exact) mass is 299 g/mol. The lowest BCUT2D eigenvalue weighted by molar-refractivity contribution is -0.385. The van der Waals surface area contributed by atoms with Gasteiger partial charge in [-0.2, -0.15) is 0 Å². The van der Waals surface area contributed by atoms with Crippen molar-refractivity contribution >= 4 is 23.2 Å². The predicted octanol–water partition coefficient (Wildman–Crippen LogP) is 0.965.